The Kier molecular flexibility index (Phi) is 4.26. The van der Waals surface area contributed by atoms with Gasteiger partial charge in [-0.15, -0.1) is 0 Å². The molecule has 5 rings (SSSR count). The van der Waals surface area contributed by atoms with Crippen molar-refractivity contribution in [2.75, 3.05) is 31.1 Å². The molecule has 2 aromatic rings. The highest BCUT2D eigenvalue weighted by Gasteiger charge is 2.44. The van der Waals surface area contributed by atoms with Crippen molar-refractivity contribution < 1.29 is 4.79 Å². The third-order valence-electron chi connectivity index (χ3n) is 6.08. The van der Waals surface area contributed by atoms with E-state index in [0.29, 0.717) is 19.0 Å². The summed E-state index contributed by atoms with van der Waals surface area (Å²) in [4.78, 5) is 25.9. The van der Waals surface area contributed by atoms with Crippen LogP contribution >= 0.6 is 0 Å². The summed E-state index contributed by atoms with van der Waals surface area (Å²) < 4.78 is 0. The van der Waals surface area contributed by atoms with Crippen molar-refractivity contribution >= 4 is 11.9 Å². The van der Waals surface area contributed by atoms with Crippen molar-refractivity contribution in [1.29, 1.82) is 0 Å². The van der Waals surface area contributed by atoms with Crippen LogP contribution in [0.25, 0.3) is 0 Å². The van der Waals surface area contributed by atoms with Crippen molar-refractivity contribution in [3.63, 3.8) is 0 Å². The summed E-state index contributed by atoms with van der Waals surface area (Å²) in [7, 11) is 0. The van der Waals surface area contributed by atoms with E-state index >= 15 is 0 Å². The molecule has 0 saturated carbocycles. The number of rotatable bonds is 2. The van der Waals surface area contributed by atoms with Crippen LogP contribution in [-0.2, 0) is 11.2 Å². The molecule has 3 aliphatic rings. The molecule has 3 atom stereocenters. The van der Waals surface area contributed by atoms with Crippen molar-refractivity contribution in [2.45, 2.75) is 24.9 Å². The van der Waals surface area contributed by atoms with Gasteiger partial charge in [-0.25, -0.2) is 20.8 Å². The molecule has 1 amide bonds. The van der Waals surface area contributed by atoms with Crippen LogP contribution in [0.1, 0.15) is 23.6 Å². The number of benzene rings is 1. The van der Waals surface area contributed by atoms with E-state index in [9.17, 15) is 4.79 Å². The molecule has 2 aliphatic heterocycles. The van der Waals surface area contributed by atoms with E-state index in [1.165, 1.54) is 11.1 Å². The Labute approximate surface area is 158 Å². The van der Waals surface area contributed by atoms with Crippen LogP contribution in [-0.4, -0.2) is 53.0 Å². The average Bonchev–Trinajstić information content (AvgIpc) is 3.19. The summed E-state index contributed by atoms with van der Waals surface area (Å²) in [6.07, 6.45) is 5.60. The van der Waals surface area contributed by atoms with Crippen LogP contribution in [0, 0.1) is 5.92 Å². The number of nitrogens with zero attached hydrogens (tertiary/aromatic N) is 4. The Morgan fingerprint density at radius 3 is 2.59 bits per heavy atom. The number of aromatic nitrogens is 2. The van der Waals surface area contributed by atoms with Gasteiger partial charge in [0.1, 0.15) is 6.04 Å². The highest BCUT2D eigenvalue weighted by molar-refractivity contribution is 5.83. The van der Waals surface area contributed by atoms with Crippen molar-refractivity contribution in [3.05, 3.63) is 53.9 Å². The van der Waals surface area contributed by atoms with Crippen molar-refractivity contribution in [3.8, 4) is 0 Å². The number of aryl methyl sites for hydroxylation is 1. The second-order valence-corrected chi connectivity index (χ2v) is 7.51. The number of carbonyl (C=O) groups excluding carboxylic acids is 1. The molecule has 1 aromatic carbocycles. The fourth-order valence-corrected chi connectivity index (χ4v) is 4.64. The monoisotopic (exact) mass is 364 g/mol. The quantitative estimate of drug-likeness (QED) is 0.825. The van der Waals surface area contributed by atoms with Gasteiger partial charge in [0.25, 0.3) is 0 Å². The van der Waals surface area contributed by atoms with Crippen LogP contribution in [0.3, 0.4) is 0 Å². The first-order chi connectivity index (χ1) is 13.3. The standard InChI is InChI=1S/C20H24N6O/c27-19(25-10-12-26(13-11-25)20-21-8-3-9-22-20)18-16-7-6-14-4-1-2-5-15(14)17(16)23-24-18/h1-5,8-9,16-18,23-24H,6-7,10-13H2. The molecule has 140 valence electrons. The zero-order chi connectivity index (χ0) is 18.2. The molecule has 3 heterocycles. The maximum Gasteiger partial charge on any atom is 0.241 e. The van der Waals surface area contributed by atoms with E-state index in [0.717, 1.165) is 31.9 Å². The molecular weight excluding hydrogens is 340 g/mol. The molecule has 2 N–H and O–H groups in total. The second kappa shape index (κ2) is 6.90. The van der Waals surface area contributed by atoms with Gasteiger partial charge in [0.2, 0.25) is 11.9 Å². The lowest BCUT2D eigenvalue weighted by Gasteiger charge is -2.37. The fourth-order valence-electron chi connectivity index (χ4n) is 4.64. The molecule has 3 unspecified atom stereocenters. The summed E-state index contributed by atoms with van der Waals surface area (Å²) in [6.45, 7) is 2.96. The van der Waals surface area contributed by atoms with Gasteiger partial charge in [-0.05, 0) is 30.0 Å². The average molecular weight is 364 g/mol. The van der Waals surface area contributed by atoms with Crippen molar-refractivity contribution in [2.24, 2.45) is 5.92 Å². The second-order valence-electron chi connectivity index (χ2n) is 7.51. The lowest BCUT2D eigenvalue weighted by Crippen LogP contribution is -2.55. The summed E-state index contributed by atoms with van der Waals surface area (Å²) in [5.74, 6) is 1.26. The highest BCUT2D eigenvalue weighted by Crippen LogP contribution is 2.39. The molecule has 7 nitrogen and oxygen atoms in total. The molecule has 2 fully saturated rings. The van der Waals surface area contributed by atoms with Crippen LogP contribution in [0.2, 0.25) is 0 Å². The van der Waals surface area contributed by atoms with Gasteiger partial charge in [-0.2, -0.15) is 0 Å². The molecule has 0 radical (unpaired) electrons. The molecule has 0 spiro atoms. The predicted molar refractivity (Wildman–Crippen MR) is 102 cm³/mol. The van der Waals surface area contributed by atoms with E-state index in [2.05, 4.69) is 50.0 Å². The van der Waals surface area contributed by atoms with Crippen LogP contribution in [0.5, 0.6) is 0 Å². The predicted octanol–water partition coefficient (Wildman–Crippen LogP) is 0.905. The Hall–Kier alpha value is -2.51. The third kappa shape index (κ3) is 2.96. The van der Waals surface area contributed by atoms with Gasteiger partial charge in [0, 0.05) is 44.5 Å². The van der Waals surface area contributed by atoms with Crippen LogP contribution in [0.4, 0.5) is 5.95 Å². The molecule has 1 aromatic heterocycles. The van der Waals surface area contributed by atoms with Gasteiger partial charge < -0.3 is 9.80 Å². The Bertz CT molecular complexity index is 820. The normalized spacial score (nSPS) is 27.2. The van der Waals surface area contributed by atoms with E-state index in [-0.39, 0.29) is 18.0 Å². The van der Waals surface area contributed by atoms with Crippen molar-refractivity contribution in [1.82, 2.24) is 25.7 Å². The van der Waals surface area contributed by atoms with E-state index in [4.69, 9.17) is 0 Å². The Balaban J connectivity index is 1.25. The van der Waals surface area contributed by atoms with Gasteiger partial charge in [0.15, 0.2) is 0 Å². The smallest absolute Gasteiger partial charge is 0.241 e. The summed E-state index contributed by atoms with van der Waals surface area (Å²) >= 11 is 0. The Morgan fingerprint density at radius 2 is 1.78 bits per heavy atom. The molecule has 0 bridgehead atoms. The number of hydrogen-bond donors (Lipinski definition) is 2. The summed E-state index contributed by atoms with van der Waals surface area (Å²) in [5, 5.41) is 0. The lowest BCUT2D eigenvalue weighted by molar-refractivity contribution is -0.134. The molecule has 27 heavy (non-hydrogen) atoms. The number of amides is 1. The third-order valence-corrected chi connectivity index (χ3v) is 6.08. The lowest BCUT2D eigenvalue weighted by atomic mass is 9.77. The number of hydrogen-bond acceptors (Lipinski definition) is 6. The van der Waals surface area contributed by atoms with E-state index in [1.807, 2.05) is 11.0 Å². The number of anilines is 1. The first-order valence-electron chi connectivity index (χ1n) is 9.71. The maximum absolute atomic E-state index is 13.2. The van der Waals surface area contributed by atoms with Crippen LogP contribution in [0.15, 0.2) is 42.7 Å². The number of fused-ring (bicyclic) bond motifs is 3. The minimum Gasteiger partial charge on any atom is -0.338 e. The zero-order valence-electron chi connectivity index (χ0n) is 15.2. The topological polar surface area (TPSA) is 73.4 Å². The first kappa shape index (κ1) is 16.6. The molecular formula is C20H24N6O. The zero-order valence-corrected chi connectivity index (χ0v) is 15.2. The van der Waals surface area contributed by atoms with Crippen LogP contribution < -0.4 is 15.8 Å². The highest BCUT2D eigenvalue weighted by atomic mass is 16.2. The number of hydrazine groups is 1. The number of piperazine rings is 1. The minimum atomic E-state index is -0.150. The maximum atomic E-state index is 13.2. The number of carbonyl (C=O) groups is 1. The fraction of sp³-hybridized carbons (Fsp3) is 0.450. The van der Waals surface area contributed by atoms with E-state index < -0.39 is 0 Å². The number of nitrogens with one attached hydrogen (secondary N) is 2. The van der Waals surface area contributed by atoms with Gasteiger partial charge in [-0.1, -0.05) is 24.3 Å². The minimum absolute atomic E-state index is 0.150. The van der Waals surface area contributed by atoms with E-state index in [1.54, 1.807) is 12.4 Å². The largest absolute Gasteiger partial charge is 0.338 e. The summed E-state index contributed by atoms with van der Waals surface area (Å²) in [6, 6.07) is 10.5. The molecule has 7 heteroatoms. The summed E-state index contributed by atoms with van der Waals surface area (Å²) in [5.41, 5.74) is 9.43. The Morgan fingerprint density at radius 1 is 1.00 bits per heavy atom. The van der Waals surface area contributed by atoms with Gasteiger partial charge in [0.05, 0.1) is 6.04 Å². The SMILES string of the molecule is O=C(C1NNC2c3ccccc3CCC12)N1CCN(c2ncccn2)CC1. The van der Waals surface area contributed by atoms with Gasteiger partial charge in [-0.3, -0.25) is 4.79 Å². The van der Waals surface area contributed by atoms with Gasteiger partial charge >= 0.3 is 0 Å². The molecule has 2 saturated heterocycles. The first-order valence-corrected chi connectivity index (χ1v) is 9.71. The molecule has 1 aliphatic carbocycles.